The molecular formula is C20H21N5O2S. The minimum atomic E-state index is -0.0481. The summed E-state index contributed by atoms with van der Waals surface area (Å²) in [7, 11) is 3.44. The summed E-state index contributed by atoms with van der Waals surface area (Å²) in [5, 5.41) is 10.5. The Labute approximate surface area is 168 Å². The zero-order valence-electron chi connectivity index (χ0n) is 15.9. The van der Waals surface area contributed by atoms with Gasteiger partial charge in [-0.05, 0) is 43.4 Å². The SMILES string of the molecule is Cc1ccc(-c2noc(CNC(=S)Nc3ccc(C(=O)N(C)C)cc3)n2)cc1. The predicted octanol–water partition coefficient (Wildman–Crippen LogP) is 3.23. The van der Waals surface area contributed by atoms with Gasteiger partial charge in [0.2, 0.25) is 11.7 Å². The molecule has 7 nitrogen and oxygen atoms in total. The van der Waals surface area contributed by atoms with Gasteiger partial charge in [0.1, 0.15) is 0 Å². The minimum absolute atomic E-state index is 0.0481. The van der Waals surface area contributed by atoms with Gasteiger partial charge in [0.15, 0.2) is 5.11 Å². The normalized spacial score (nSPS) is 10.4. The number of nitrogens with one attached hydrogen (secondary N) is 2. The van der Waals surface area contributed by atoms with Crippen LogP contribution >= 0.6 is 12.2 Å². The second-order valence-electron chi connectivity index (χ2n) is 6.46. The molecule has 0 aliphatic carbocycles. The van der Waals surface area contributed by atoms with Crippen LogP contribution in [-0.4, -0.2) is 40.2 Å². The van der Waals surface area contributed by atoms with E-state index in [-0.39, 0.29) is 5.91 Å². The maximum Gasteiger partial charge on any atom is 0.253 e. The summed E-state index contributed by atoms with van der Waals surface area (Å²) in [6.07, 6.45) is 0. The van der Waals surface area contributed by atoms with Gasteiger partial charge in [-0.15, -0.1) is 0 Å². The van der Waals surface area contributed by atoms with E-state index >= 15 is 0 Å². The number of benzene rings is 2. The smallest absolute Gasteiger partial charge is 0.253 e. The highest BCUT2D eigenvalue weighted by Gasteiger charge is 2.10. The first-order valence-electron chi connectivity index (χ1n) is 8.68. The van der Waals surface area contributed by atoms with Crippen molar-refractivity contribution >= 4 is 28.9 Å². The van der Waals surface area contributed by atoms with Gasteiger partial charge in [-0.2, -0.15) is 4.98 Å². The molecular weight excluding hydrogens is 374 g/mol. The molecule has 0 unspecified atom stereocenters. The van der Waals surface area contributed by atoms with Crippen LogP contribution in [0.1, 0.15) is 21.8 Å². The summed E-state index contributed by atoms with van der Waals surface area (Å²) in [6.45, 7) is 2.33. The van der Waals surface area contributed by atoms with Gasteiger partial charge < -0.3 is 20.1 Å². The Morgan fingerprint density at radius 3 is 2.43 bits per heavy atom. The number of thiocarbonyl (C=S) groups is 1. The van der Waals surface area contributed by atoms with Crippen LogP contribution in [0.5, 0.6) is 0 Å². The molecule has 8 heteroatoms. The fraction of sp³-hybridized carbons (Fsp3) is 0.200. The monoisotopic (exact) mass is 395 g/mol. The Balaban J connectivity index is 1.53. The molecule has 2 N–H and O–H groups in total. The number of carbonyl (C=O) groups is 1. The average molecular weight is 395 g/mol. The van der Waals surface area contributed by atoms with Crippen LogP contribution in [0.15, 0.2) is 53.1 Å². The summed E-state index contributed by atoms with van der Waals surface area (Å²) >= 11 is 5.29. The van der Waals surface area contributed by atoms with E-state index in [1.807, 2.05) is 31.2 Å². The maximum absolute atomic E-state index is 11.9. The Bertz CT molecular complexity index is 965. The van der Waals surface area contributed by atoms with E-state index in [4.69, 9.17) is 16.7 Å². The molecule has 0 fully saturated rings. The Morgan fingerprint density at radius 1 is 1.11 bits per heavy atom. The van der Waals surface area contributed by atoms with E-state index in [9.17, 15) is 4.79 Å². The van der Waals surface area contributed by atoms with Gasteiger partial charge in [-0.1, -0.05) is 35.0 Å². The van der Waals surface area contributed by atoms with Crippen LogP contribution in [0.2, 0.25) is 0 Å². The topological polar surface area (TPSA) is 83.3 Å². The first-order valence-corrected chi connectivity index (χ1v) is 9.09. The molecule has 0 spiro atoms. The van der Waals surface area contributed by atoms with Gasteiger partial charge in [0.05, 0.1) is 6.54 Å². The van der Waals surface area contributed by atoms with Gasteiger partial charge in [-0.3, -0.25) is 4.79 Å². The molecule has 0 aliphatic heterocycles. The number of rotatable bonds is 5. The zero-order chi connectivity index (χ0) is 20.1. The van der Waals surface area contributed by atoms with Crippen molar-refractivity contribution in [2.45, 2.75) is 13.5 Å². The van der Waals surface area contributed by atoms with Crippen molar-refractivity contribution in [1.82, 2.24) is 20.4 Å². The van der Waals surface area contributed by atoms with E-state index in [1.165, 1.54) is 10.5 Å². The number of aromatic nitrogens is 2. The molecule has 0 saturated heterocycles. The van der Waals surface area contributed by atoms with Gasteiger partial charge in [-0.25, -0.2) is 0 Å². The summed E-state index contributed by atoms with van der Waals surface area (Å²) in [6, 6.07) is 15.0. The van der Waals surface area contributed by atoms with Crippen LogP contribution in [0.25, 0.3) is 11.4 Å². The van der Waals surface area contributed by atoms with Gasteiger partial charge >= 0.3 is 0 Å². The molecule has 0 atom stereocenters. The Morgan fingerprint density at radius 2 is 1.79 bits per heavy atom. The summed E-state index contributed by atoms with van der Waals surface area (Å²) in [5.41, 5.74) is 3.46. The summed E-state index contributed by atoms with van der Waals surface area (Å²) in [4.78, 5) is 17.8. The van der Waals surface area contributed by atoms with E-state index in [2.05, 4.69) is 20.8 Å². The number of nitrogens with zero attached hydrogens (tertiary/aromatic N) is 3. The number of anilines is 1. The number of carbonyl (C=O) groups excluding carboxylic acids is 1. The van der Waals surface area contributed by atoms with E-state index in [0.29, 0.717) is 28.9 Å². The third-order valence-corrected chi connectivity index (χ3v) is 4.22. The third-order valence-electron chi connectivity index (χ3n) is 3.97. The van der Waals surface area contributed by atoms with Gasteiger partial charge in [0, 0.05) is 30.9 Å². The van der Waals surface area contributed by atoms with Crippen molar-refractivity contribution in [3.05, 3.63) is 65.5 Å². The van der Waals surface area contributed by atoms with E-state index in [0.717, 1.165) is 11.3 Å². The van der Waals surface area contributed by atoms with Crippen molar-refractivity contribution in [1.29, 1.82) is 0 Å². The van der Waals surface area contributed by atoms with Gasteiger partial charge in [0.25, 0.3) is 5.91 Å². The van der Waals surface area contributed by atoms with Crippen LogP contribution in [-0.2, 0) is 6.54 Å². The maximum atomic E-state index is 11.9. The second-order valence-corrected chi connectivity index (χ2v) is 6.87. The molecule has 0 saturated carbocycles. The molecule has 1 aromatic heterocycles. The van der Waals surface area contributed by atoms with E-state index in [1.54, 1.807) is 38.4 Å². The Hall–Kier alpha value is -3.26. The molecule has 144 valence electrons. The molecule has 0 bridgehead atoms. The van der Waals surface area contributed by atoms with Crippen LogP contribution in [0, 0.1) is 6.92 Å². The standard InChI is InChI=1S/C20H21N5O2S/c1-13-4-6-14(7-5-13)18-23-17(27-24-18)12-21-20(28)22-16-10-8-15(9-11-16)19(26)25(2)3/h4-11H,12H2,1-3H3,(H2,21,22,28). The van der Waals surface area contributed by atoms with Crippen LogP contribution < -0.4 is 10.6 Å². The molecule has 1 amide bonds. The fourth-order valence-electron chi connectivity index (χ4n) is 2.43. The largest absolute Gasteiger partial charge is 0.353 e. The lowest BCUT2D eigenvalue weighted by Gasteiger charge is -2.12. The molecule has 0 aliphatic rings. The van der Waals surface area contributed by atoms with Crippen molar-refractivity contribution < 1.29 is 9.32 Å². The molecule has 3 rings (SSSR count). The third kappa shape index (κ3) is 4.92. The molecule has 2 aromatic carbocycles. The molecule has 3 aromatic rings. The highest BCUT2D eigenvalue weighted by atomic mass is 32.1. The summed E-state index contributed by atoms with van der Waals surface area (Å²) in [5.74, 6) is 0.927. The number of amides is 1. The highest BCUT2D eigenvalue weighted by Crippen LogP contribution is 2.16. The zero-order valence-corrected chi connectivity index (χ0v) is 16.7. The lowest BCUT2D eigenvalue weighted by atomic mass is 10.1. The van der Waals surface area contributed by atoms with Crippen molar-refractivity contribution in [3.8, 4) is 11.4 Å². The number of hydrogen-bond donors (Lipinski definition) is 2. The summed E-state index contributed by atoms with van der Waals surface area (Å²) < 4.78 is 5.26. The van der Waals surface area contributed by atoms with Crippen molar-refractivity contribution in [2.75, 3.05) is 19.4 Å². The molecule has 28 heavy (non-hydrogen) atoms. The first-order chi connectivity index (χ1) is 13.4. The fourth-order valence-corrected chi connectivity index (χ4v) is 2.62. The lowest BCUT2D eigenvalue weighted by molar-refractivity contribution is 0.0827. The van der Waals surface area contributed by atoms with Crippen molar-refractivity contribution in [2.24, 2.45) is 0 Å². The first kappa shape index (κ1) is 19.5. The van der Waals surface area contributed by atoms with Crippen LogP contribution in [0.3, 0.4) is 0 Å². The Kier molecular flexibility index (Phi) is 6.00. The molecule has 0 radical (unpaired) electrons. The highest BCUT2D eigenvalue weighted by molar-refractivity contribution is 7.80. The minimum Gasteiger partial charge on any atom is -0.353 e. The molecule has 1 heterocycles. The average Bonchev–Trinajstić information content (AvgIpc) is 3.16. The number of aryl methyl sites for hydroxylation is 1. The quantitative estimate of drug-likeness (QED) is 0.642. The van der Waals surface area contributed by atoms with E-state index < -0.39 is 0 Å². The second kappa shape index (κ2) is 8.62. The van der Waals surface area contributed by atoms with Crippen molar-refractivity contribution in [3.63, 3.8) is 0 Å². The lowest BCUT2D eigenvalue weighted by Crippen LogP contribution is -2.28. The number of hydrogen-bond acceptors (Lipinski definition) is 5. The van der Waals surface area contributed by atoms with Crippen LogP contribution in [0.4, 0.5) is 5.69 Å². The predicted molar refractivity (Wildman–Crippen MR) is 112 cm³/mol.